The van der Waals surface area contributed by atoms with Gasteiger partial charge < -0.3 is 10.5 Å². The fourth-order valence-electron chi connectivity index (χ4n) is 1.67. The molecule has 0 radical (unpaired) electrons. The van der Waals surface area contributed by atoms with Crippen LogP contribution in [0.3, 0.4) is 0 Å². The van der Waals surface area contributed by atoms with Gasteiger partial charge in [0, 0.05) is 6.20 Å². The molecule has 0 saturated heterocycles. The first-order chi connectivity index (χ1) is 8.54. The molecule has 6 heteroatoms. The number of ether oxygens (including phenoxy) is 1. The molecule has 0 aliphatic rings. The Hall–Kier alpha value is -2.37. The number of nitrogens with two attached hydrogens (primary N) is 1. The molecule has 2 aromatic heterocycles. The average molecular weight is 246 g/mol. The minimum absolute atomic E-state index is 0.237. The highest BCUT2D eigenvalue weighted by atomic mass is 16.5. The second-order valence-electron chi connectivity index (χ2n) is 3.89. The summed E-state index contributed by atoms with van der Waals surface area (Å²) in [4.78, 5) is 15.4. The first-order valence-electron chi connectivity index (χ1n) is 5.41. The first-order valence-corrected chi connectivity index (χ1v) is 5.41. The zero-order chi connectivity index (χ0) is 13.3. The molecule has 0 aromatic carbocycles. The molecule has 18 heavy (non-hydrogen) atoms. The number of pyridine rings is 1. The maximum absolute atomic E-state index is 11.4. The van der Waals surface area contributed by atoms with Crippen LogP contribution in [0.2, 0.25) is 0 Å². The Morgan fingerprint density at radius 2 is 2.17 bits per heavy atom. The second-order valence-corrected chi connectivity index (χ2v) is 3.89. The average Bonchev–Trinajstić information content (AvgIpc) is 2.66. The molecule has 0 bridgehead atoms. The van der Waals surface area contributed by atoms with Crippen LogP contribution in [0.1, 0.15) is 21.9 Å². The number of methoxy groups -OCH3 is 1. The zero-order valence-electron chi connectivity index (χ0n) is 10.5. The monoisotopic (exact) mass is 246 g/mol. The lowest BCUT2D eigenvalue weighted by atomic mass is 10.3. The number of aromatic nitrogens is 3. The molecular formula is C12H14N4O2. The van der Waals surface area contributed by atoms with Crippen LogP contribution in [0.25, 0.3) is 5.69 Å². The van der Waals surface area contributed by atoms with E-state index in [0.29, 0.717) is 5.69 Å². The lowest BCUT2D eigenvalue weighted by Gasteiger charge is -2.05. The van der Waals surface area contributed by atoms with Crippen molar-refractivity contribution in [2.75, 3.05) is 12.8 Å². The number of carbonyl (C=O) groups is 1. The molecule has 0 saturated carbocycles. The molecule has 0 aliphatic carbocycles. The Bertz CT molecular complexity index is 604. The molecular weight excluding hydrogens is 232 g/mol. The molecule has 0 fully saturated rings. The van der Waals surface area contributed by atoms with Crippen LogP contribution in [-0.2, 0) is 4.74 Å². The molecule has 0 aliphatic heterocycles. The molecule has 2 aromatic rings. The molecule has 0 spiro atoms. The number of hydrogen-bond donors (Lipinski definition) is 1. The standard InChI is InChI=1S/C12H14N4O2/c1-7-11(13)8(2)16(15-7)9-4-5-14-10(6-9)12(17)18-3/h4-6H,13H2,1-3H3. The molecule has 0 atom stereocenters. The fraction of sp³-hybridized carbons (Fsp3) is 0.250. The van der Waals surface area contributed by atoms with Gasteiger partial charge in [0.15, 0.2) is 0 Å². The predicted molar refractivity (Wildman–Crippen MR) is 66.6 cm³/mol. The van der Waals surface area contributed by atoms with Crippen LogP contribution in [0.5, 0.6) is 0 Å². The normalized spacial score (nSPS) is 10.4. The van der Waals surface area contributed by atoms with Crippen LogP contribution in [-0.4, -0.2) is 27.8 Å². The van der Waals surface area contributed by atoms with Crippen molar-refractivity contribution < 1.29 is 9.53 Å². The predicted octanol–water partition coefficient (Wildman–Crippen LogP) is 1.25. The Balaban J connectivity index is 2.51. The lowest BCUT2D eigenvalue weighted by Crippen LogP contribution is -2.07. The summed E-state index contributed by atoms with van der Waals surface area (Å²) >= 11 is 0. The van der Waals surface area contributed by atoms with E-state index in [9.17, 15) is 4.79 Å². The molecule has 6 nitrogen and oxygen atoms in total. The minimum Gasteiger partial charge on any atom is -0.464 e. The van der Waals surface area contributed by atoms with Crippen molar-refractivity contribution in [2.24, 2.45) is 0 Å². The third-order valence-corrected chi connectivity index (χ3v) is 2.73. The Morgan fingerprint density at radius 1 is 1.44 bits per heavy atom. The minimum atomic E-state index is -0.480. The quantitative estimate of drug-likeness (QED) is 0.806. The maximum atomic E-state index is 11.4. The van der Waals surface area contributed by atoms with Gasteiger partial charge in [-0.1, -0.05) is 0 Å². The summed E-state index contributed by atoms with van der Waals surface area (Å²) in [5, 5.41) is 4.32. The molecule has 0 unspecified atom stereocenters. The van der Waals surface area contributed by atoms with E-state index in [0.717, 1.165) is 17.1 Å². The number of anilines is 1. The van der Waals surface area contributed by atoms with E-state index in [4.69, 9.17) is 5.73 Å². The van der Waals surface area contributed by atoms with Crippen LogP contribution in [0.4, 0.5) is 5.69 Å². The second kappa shape index (κ2) is 4.48. The third-order valence-electron chi connectivity index (χ3n) is 2.73. The largest absolute Gasteiger partial charge is 0.464 e. The molecule has 0 amide bonds. The van der Waals surface area contributed by atoms with E-state index in [-0.39, 0.29) is 5.69 Å². The Kier molecular flexibility index (Phi) is 3.01. The number of hydrogen-bond acceptors (Lipinski definition) is 5. The van der Waals surface area contributed by atoms with Crippen molar-refractivity contribution in [1.29, 1.82) is 0 Å². The van der Waals surface area contributed by atoms with E-state index in [1.807, 2.05) is 13.8 Å². The van der Waals surface area contributed by atoms with Crippen molar-refractivity contribution >= 4 is 11.7 Å². The third kappa shape index (κ3) is 1.92. The summed E-state index contributed by atoms with van der Waals surface area (Å²) in [6.07, 6.45) is 1.54. The first kappa shape index (κ1) is 12.1. The van der Waals surface area contributed by atoms with Crippen molar-refractivity contribution in [3.8, 4) is 5.69 Å². The summed E-state index contributed by atoms with van der Waals surface area (Å²) in [5.41, 5.74) is 9.06. The van der Waals surface area contributed by atoms with Gasteiger partial charge in [0.1, 0.15) is 5.69 Å². The van der Waals surface area contributed by atoms with E-state index in [1.165, 1.54) is 13.3 Å². The summed E-state index contributed by atoms with van der Waals surface area (Å²) in [6, 6.07) is 3.37. The topological polar surface area (TPSA) is 83.0 Å². The number of aryl methyl sites for hydroxylation is 1. The maximum Gasteiger partial charge on any atom is 0.356 e. The highest BCUT2D eigenvalue weighted by Gasteiger charge is 2.12. The van der Waals surface area contributed by atoms with Crippen molar-refractivity contribution in [1.82, 2.24) is 14.8 Å². The highest BCUT2D eigenvalue weighted by molar-refractivity contribution is 5.87. The Labute approximate surface area is 104 Å². The summed E-state index contributed by atoms with van der Waals surface area (Å²) in [7, 11) is 1.32. The number of rotatable bonds is 2. The molecule has 2 rings (SSSR count). The van der Waals surface area contributed by atoms with Crippen LogP contribution < -0.4 is 5.73 Å². The van der Waals surface area contributed by atoms with Gasteiger partial charge in [0.25, 0.3) is 0 Å². The van der Waals surface area contributed by atoms with Gasteiger partial charge in [-0.25, -0.2) is 14.5 Å². The lowest BCUT2D eigenvalue weighted by molar-refractivity contribution is 0.0594. The summed E-state index contributed by atoms with van der Waals surface area (Å²) in [5.74, 6) is -0.480. The molecule has 94 valence electrons. The highest BCUT2D eigenvalue weighted by Crippen LogP contribution is 2.19. The number of nitrogen functional groups attached to an aromatic ring is 1. The van der Waals surface area contributed by atoms with Gasteiger partial charge in [0.05, 0.1) is 29.9 Å². The van der Waals surface area contributed by atoms with Gasteiger partial charge in [0.2, 0.25) is 0 Å². The van der Waals surface area contributed by atoms with Gasteiger partial charge in [-0.2, -0.15) is 5.10 Å². The van der Waals surface area contributed by atoms with Crippen molar-refractivity contribution in [2.45, 2.75) is 13.8 Å². The van der Waals surface area contributed by atoms with Crippen molar-refractivity contribution in [3.63, 3.8) is 0 Å². The van der Waals surface area contributed by atoms with E-state index in [2.05, 4.69) is 14.8 Å². The fourth-order valence-corrected chi connectivity index (χ4v) is 1.67. The van der Waals surface area contributed by atoms with Crippen LogP contribution >= 0.6 is 0 Å². The van der Waals surface area contributed by atoms with Crippen molar-refractivity contribution in [3.05, 3.63) is 35.4 Å². The van der Waals surface area contributed by atoms with Gasteiger partial charge in [-0.05, 0) is 26.0 Å². The smallest absolute Gasteiger partial charge is 0.356 e. The van der Waals surface area contributed by atoms with Gasteiger partial charge in [-0.15, -0.1) is 0 Å². The summed E-state index contributed by atoms with van der Waals surface area (Å²) < 4.78 is 6.31. The van der Waals surface area contributed by atoms with Gasteiger partial charge >= 0.3 is 5.97 Å². The molecule has 2 N–H and O–H groups in total. The number of esters is 1. The van der Waals surface area contributed by atoms with E-state index < -0.39 is 5.97 Å². The van der Waals surface area contributed by atoms with E-state index >= 15 is 0 Å². The van der Waals surface area contributed by atoms with Crippen LogP contribution in [0, 0.1) is 13.8 Å². The van der Waals surface area contributed by atoms with E-state index in [1.54, 1.807) is 16.8 Å². The number of carbonyl (C=O) groups excluding carboxylic acids is 1. The molecule has 2 heterocycles. The zero-order valence-corrected chi connectivity index (χ0v) is 10.5. The SMILES string of the molecule is COC(=O)c1cc(-n2nc(C)c(N)c2C)ccn1. The summed E-state index contributed by atoms with van der Waals surface area (Å²) in [6.45, 7) is 3.70. The Morgan fingerprint density at radius 3 is 2.72 bits per heavy atom. The number of nitrogens with zero attached hydrogens (tertiary/aromatic N) is 3. The van der Waals surface area contributed by atoms with Crippen LogP contribution in [0.15, 0.2) is 18.3 Å². The van der Waals surface area contributed by atoms with Gasteiger partial charge in [-0.3, -0.25) is 0 Å².